The molecule has 1 heterocycles. The highest BCUT2D eigenvalue weighted by Gasteiger charge is 2.16. The summed E-state index contributed by atoms with van der Waals surface area (Å²) in [5.41, 5.74) is 0.947. The summed E-state index contributed by atoms with van der Waals surface area (Å²) in [6, 6.07) is 0. The molecule has 0 saturated heterocycles. The van der Waals surface area contributed by atoms with Gasteiger partial charge in [-0.3, -0.25) is 9.58 Å². The van der Waals surface area contributed by atoms with Crippen LogP contribution in [0.15, 0.2) is 6.20 Å². The van der Waals surface area contributed by atoms with E-state index < -0.39 is 5.97 Å². The average molecular weight is 225 g/mol. The fourth-order valence-corrected chi connectivity index (χ4v) is 1.71. The number of aromatic nitrogens is 2. The molecule has 1 aromatic rings. The molecule has 0 radical (unpaired) electrons. The third-order valence-corrected chi connectivity index (χ3v) is 2.50. The highest BCUT2D eigenvalue weighted by molar-refractivity contribution is 5.88. The summed E-state index contributed by atoms with van der Waals surface area (Å²) in [5.74, 6) is -0.907. The topological polar surface area (TPSA) is 58.4 Å². The first kappa shape index (κ1) is 12.7. The van der Waals surface area contributed by atoms with Crippen LogP contribution < -0.4 is 0 Å². The van der Waals surface area contributed by atoms with Crippen molar-refractivity contribution in [2.45, 2.75) is 26.8 Å². The van der Waals surface area contributed by atoms with Gasteiger partial charge in [0.25, 0.3) is 0 Å². The first-order valence-corrected chi connectivity index (χ1v) is 5.56. The Balaban J connectivity index is 2.82. The number of hydrogen-bond acceptors (Lipinski definition) is 3. The van der Waals surface area contributed by atoms with Gasteiger partial charge >= 0.3 is 5.97 Å². The molecule has 0 fully saturated rings. The number of carboxylic acids is 1. The quantitative estimate of drug-likeness (QED) is 0.794. The van der Waals surface area contributed by atoms with Crippen LogP contribution in [0.1, 0.15) is 36.3 Å². The summed E-state index contributed by atoms with van der Waals surface area (Å²) in [7, 11) is 1.74. The zero-order valence-electron chi connectivity index (χ0n) is 10.1. The van der Waals surface area contributed by atoms with Crippen LogP contribution in [-0.4, -0.2) is 38.8 Å². The maximum Gasteiger partial charge on any atom is 0.339 e. The molecular formula is C11H19N3O2. The summed E-state index contributed by atoms with van der Waals surface area (Å²) >= 11 is 0. The lowest BCUT2D eigenvalue weighted by Gasteiger charge is -2.18. The first-order chi connectivity index (χ1) is 7.58. The van der Waals surface area contributed by atoms with Gasteiger partial charge in [-0.2, -0.15) is 5.10 Å². The van der Waals surface area contributed by atoms with E-state index in [4.69, 9.17) is 5.11 Å². The Kier molecular flexibility index (Phi) is 4.49. The zero-order chi connectivity index (χ0) is 12.1. The molecule has 0 unspecified atom stereocenters. The molecule has 0 aliphatic heterocycles. The number of carboxylic acid groups (broad SMARTS) is 1. The van der Waals surface area contributed by atoms with Crippen LogP contribution in [-0.2, 0) is 13.6 Å². The van der Waals surface area contributed by atoms with E-state index in [1.54, 1.807) is 17.9 Å². The molecule has 0 aromatic carbocycles. The van der Waals surface area contributed by atoms with Crippen molar-refractivity contribution in [3.8, 4) is 0 Å². The minimum atomic E-state index is -0.907. The maximum atomic E-state index is 11.0. The smallest absolute Gasteiger partial charge is 0.339 e. The van der Waals surface area contributed by atoms with Crippen LogP contribution in [0.3, 0.4) is 0 Å². The van der Waals surface area contributed by atoms with Gasteiger partial charge in [0.05, 0.1) is 5.69 Å². The van der Waals surface area contributed by atoms with Crippen molar-refractivity contribution >= 4 is 5.97 Å². The summed E-state index contributed by atoms with van der Waals surface area (Å²) < 4.78 is 1.55. The number of nitrogens with zero attached hydrogens (tertiary/aromatic N) is 3. The molecule has 1 N–H and O–H groups in total. The monoisotopic (exact) mass is 225 g/mol. The third kappa shape index (κ3) is 3.06. The van der Waals surface area contributed by atoms with Crippen molar-refractivity contribution in [1.29, 1.82) is 0 Å². The first-order valence-electron chi connectivity index (χ1n) is 5.56. The van der Waals surface area contributed by atoms with Gasteiger partial charge in [-0.05, 0) is 19.5 Å². The van der Waals surface area contributed by atoms with Crippen LogP contribution in [0, 0.1) is 0 Å². The lowest BCUT2D eigenvalue weighted by atomic mass is 10.2. The minimum absolute atomic E-state index is 0.303. The molecule has 0 aliphatic carbocycles. The Morgan fingerprint density at radius 2 is 2.25 bits per heavy atom. The maximum absolute atomic E-state index is 11.0. The molecule has 0 amide bonds. The fourth-order valence-electron chi connectivity index (χ4n) is 1.71. The molecule has 5 heteroatoms. The molecule has 0 aliphatic rings. The molecule has 90 valence electrons. The van der Waals surface area contributed by atoms with Crippen LogP contribution in [0.2, 0.25) is 0 Å². The number of rotatable bonds is 6. The lowest BCUT2D eigenvalue weighted by Crippen LogP contribution is -2.24. The van der Waals surface area contributed by atoms with Crippen molar-refractivity contribution in [3.63, 3.8) is 0 Å². The fraction of sp³-hybridized carbons (Fsp3) is 0.636. The molecule has 0 spiro atoms. The summed E-state index contributed by atoms with van der Waals surface area (Å²) in [6.45, 7) is 6.65. The van der Waals surface area contributed by atoms with E-state index >= 15 is 0 Å². The second-order valence-corrected chi connectivity index (χ2v) is 3.84. The van der Waals surface area contributed by atoms with Crippen LogP contribution in [0.5, 0.6) is 0 Å². The number of aromatic carboxylic acids is 1. The van der Waals surface area contributed by atoms with E-state index in [0.717, 1.165) is 19.5 Å². The molecule has 0 atom stereocenters. The van der Waals surface area contributed by atoms with Crippen LogP contribution in [0.4, 0.5) is 0 Å². The lowest BCUT2D eigenvalue weighted by molar-refractivity contribution is 0.0694. The SMILES string of the molecule is CCCN(CC)Cc1nn(C)cc1C(=O)O. The molecule has 5 nitrogen and oxygen atoms in total. The van der Waals surface area contributed by atoms with E-state index in [1.807, 2.05) is 0 Å². The van der Waals surface area contributed by atoms with Gasteiger partial charge in [-0.25, -0.2) is 4.79 Å². The Labute approximate surface area is 95.7 Å². The van der Waals surface area contributed by atoms with Crippen LogP contribution in [0.25, 0.3) is 0 Å². The molecule has 0 saturated carbocycles. The Bertz CT molecular complexity index is 360. The van der Waals surface area contributed by atoms with E-state index in [9.17, 15) is 4.79 Å². The Morgan fingerprint density at radius 1 is 1.56 bits per heavy atom. The number of hydrogen-bond donors (Lipinski definition) is 1. The van der Waals surface area contributed by atoms with E-state index in [-0.39, 0.29) is 0 Å². The van der Waals surface area contributed by atoms with Crippen molar-refractivity contribution in [2.24, 2.45) is 7.05 Å². The predicted molar refractivity (Wildman–Crippen MR) is 61.4 cm³/mol. The third-order valence-electron chi connectivity index (χ3n) is 2.50. The highest BCUT2D eigenvalue weighted by atomic mass is 16.4. The van der Waals surface area contributed by atoms with Gasteiger partial charge < -0.3 is 5.11 Å². The summed E-state index contributed by atoms with van der Waals surface area (Å²) in [5, 5.41) is 13.2. The Hall–Kier alpha value is -1.36. The van der Waals surface area contributed by atoms with Gasteiger partial charge in [0.1, 0.15) is 5.56 Å². The van der Waals surface area contributed by atoms with Gasteiger partial charge in [0.2, 0.25) is 0 Å². The molecule has 1 aromatic heterocycles. The molecule has 0 bridgehead atoms. The molecule has 16 heavy (non-hydrogen) atoms. The largest absolute Gasteiger partial charge is 0.478 e. The standard InChI is InChI=1S/C11H19N3O2/c1-4-6-14(5-2)8-10-9(11(15)16)7-13(3)12-10/h7H,4-6,8H2,1-3H3,(H,15,16). The van der Waals surface area contributed by atoms with Gasteiger partial charge in [0.15, 0.2) is 0 Å². The Morgan fingerprint density at radius 3 is 2.75 bits per heavy atom. The summed E-state index contributed by atoms with van der Waals surface area (Å²) in [4.78, 5) is 13.2. The van der Waals surface area contributed by atoms with E-state index in [0.29, 0.717) is 17.8 Å². The normalized spacial score (nSPS) is 11.0. The van der Waals surface area contributed by atoms with Crippen LogP contribution >= 0.6 is 0 Å². The average Bonchev–Trinajstić information content (AvgIpc) is 2.59. The van der Waals surface area contributed by atoms with Gasteiger partial charge in [-0.1, -0.05) is 13.8 Å². The molecular weight excluding hydrogens is 206 g/mol. The van der Waals surface area contributed by atoms with Crippen molar-refractivity contribution in [2.75, 3.05) is 13.1 Å². The minimum Gasteiger partial charge on any atom is -0.478 e. The van der Waals surface area contributed by atoms with Crippen molar-refractivity contribution in [3.05, 3.63) is 17.5 Å². The number of carbonyl (C=O) groups is 1. The van der Waals surface area contributed by atoms with Crippen molar-refractivity contribution in [1.82, 2.24) is 14.7 Å². The van der Waals surface area contributed by atoms with Gasteiger partial charge in [-0.15, -0.1) is 0 Å². The van der Waals surface area contributed by atoms with Gasteiger partial charge in [0, 0.05) is 19.8 Å². The highest BCUT2D eigenvalue weighted by Crippen LogP contribution is 2.09. The van der Waals surface area contributed by atoms with E-state index in [1.165, 1.54) is 0 Å². The van der Waals surface area contributed by atoms with E-state index in [2.05, 4.69) is 23.8 Å². The second-order valence-electron chi connectivity index (χ2n) is 3.84. The molecule has 1 rings (SSSR count). The summed E-state index contributed by atoms with van der Waals surface area (Å²) in [6.07, 6.45) is 2.61. The predicted octanol–water partition coefficient (Wildman–Crippen LogP) is 1.35. The second kappa shape index (κ2) is 5.65. The zero-order valence-corrected chi connectivity index (χ0v) is 10.1. The number of aryl methyl sites for hydroxylation is 1. The van der Waals surface area contributed by atoms with Crippen molar-refractivity contribution < 1.29 is 9.90 Å².